The highest BCUT2D eigenvalue weighted by atomic mass is 16.3. The molecule has 3 rings (SSSR count). The molecule has 0 aliphatic rings. The number of aromatic hydroxyl groups is 2. The van der Waals surface area contributed by atoms with Crippen molar-refractivity contribution < 1.29 is 15.3 Å². The van der Waals surface area contributed by atoms with Gasteiger partial charge in [-0.15, -0.1) is 0 Å². The number of nitrogens with two attached hydrogens (primary N) is 3. The number of aliphatic hydroxyl groups is 1. The Morgan fingerprint density at radius 1 is 0.857 bits per heavy atom. The van der Waals surface area contributed by atoms with E-state index >= 15 is 0 Å². The van der Waals surface area contributed by atoms with Crippen molar-refractivity contribution in [1.29, 1.82) is 0 Å². The Morgan fingerprint density at radius 2 is 1.43 bits per heavy atom. The summed E-state index contributed by atoms with van der Waals surface area (Å²) < 4.78 is 0. The molecule has 0 fully saturated rings. The van der Waals surface area contributed by atoms with Gasteiger partial charge in [0.2, 0.25) is 0 Å². The number of aryl methyl sites for hydroxylation is 4. The first-order chi connectivity index (χ1) is 16.4. The first-order valence-corrected chi connectivity index (χ1v) is 11.1. The fraction of sp³-hybridized carbons (Fsp3) is 0.185. The number of phenolic OH excluding ortho intramolecular Hbond substituents is 2. The van der Waals surface area contributed by atoms with E-state index in [2.05, 4.69) is 5.32 Å². The molecular weight excluding hydrogens is 442 g/mol. The number of hydrazine groups is 1. The molecule has 184 valence electrons. The molecule has 35 heavy (non-hydrogen) atoms. The van der Waals surface area contributed by atoms with Gasteiger partial charge in [0.25, 0.3) is 0 Å². The molecule has 1 unspecified atom stereocenters. The Hall–Kier alpha value is -4.14. The highest BCUT2D eigenvalue weighted by Crippen LogP contribution is 2.36. The van der Waals surface area contributed by atoms with E-state index in [9.17, 15) is 15.3 Å². The summed E-state index contributed by atoms with van der Waals surface area (Å²) in [4.78, 5) is 0. The Kier molecular flexibility index (Phi) is 7.28. The van der Waals surface area contributed by atoms with Gasteiger partial charge in [0.05, 0.1) is 17.1 Å². The second kappa shape index (κ2) is 10.0. The summed E-state index contributed by atoms with van der Waals surface area (Å²) >= 11 is 0. The number of benzene rings is 3. The highest BCUT2D eigenvalue weighted by Gasteiger charge is 2.37. The van der Waals surface area contributed by atoms with Gasteiger partial charge < -0.3 is 32.1 Å². The molecule has 0 heterocycles. The largest absolute Gasteiger partial charge is 0.506 e. The van der Waals surface area contributed by atoms with Crippen LogP contribution in [0.3, 0.4) is 0 Å². The van der Waals surface area contributed by atoms with Crippen LogP contribution in [0.2, 0.25) is 0 Å². The van der Waals surface area contributed by atoms with Crippen LogP contribution in [0.15, 0.2) is 78.4 Å². The number of nitrogens with zero attached hydrogens (tertiary/aromatic N) is 1. The molecule has 0 spiro atoms. The third kappa shape index (κ3) is 5.18. The molecule has 3 aromatic rings. The lowest BCUT2D eigenvalue weighted by Gasteiger charge is -2.32. The van der Waals surface area contributed by atoms with E-state index in [1.807, 2.05) is 32.9 Å². The standard InChI is InChI=1S/C27H33N5O3/c1-16-11-17(2)13-20(12-16)27(35,23(28)14-31-25-18(3)7-5-9-21(25)33)24(29)15-32(30)26-19(4)8-6-10-22(26)34/h5-15,31,33-35H,28-30H2,1-4H3/b23-14-,24-15-. The third-order valence-electron chi connectivity index (χ3n) is 5.85. The van der Waals surface area contributed by atoms with Gasteiger partial charge in [0.15, 0.2) is 5.60 Å². The molecule has 0 bridgehead atoms. The molecule has 1 atom stereocenters. The maximum absolute atomic E-state index is 12.0. The Labute approximate surface area is 205 Å². The predicted molar refractivity (Wildman–Crippen MR) is 140 cm³/mol. The molecule has 8 heteroatoms. The number of anilines is 2. The van der Waals surface area contributed by atoms with Crippen LogP contribution in [0, 0.1) is 27.7 Å². The van der Waals surface area contributed by atoms with Crippen molar-refractivity contribution in [1.82, 2.24) is 0 Å². The second-order valence-corrected chi connectivity index (χ2v) is 8.73. The van der Waals surface area contributed by atoms with Crippen LogP contribution in [0.4, 0.5) is 11.4 Å². The topological polar surface area (TPSA) is 154 Å². The van der Waals surface area contributed by atoms with Gasteiger partial charge in [0, 0.05) is 12.4 Å². The van der Waals surface area contributed by atoms with Crippen LogP contribution in [0.5, 0.6) is 11.5 Å². The van der Waals surface area contributed by atoms with Crippen LogP contribution in [0.1, 0.15) is 27.8 Å². The molecule has 0 aliphatic carbocycles. The quantitative estimate of drug-likeness (QED) is 0.155. The molecule has 0 saturated carbocycles. The lowest BCUT2D eigenvalue weighted by Crippen LogP contribution is -2.41. The number of para-hydroxylation sites is 2. The predicted octanol–water partition coefficient (Wildman–Crippen LogP) is 3.61. The number of hydrogen-bond acceptors (Lipinski definition) is 8. The van der Waals surface area contributed by atoms with Gasteiger partial charge in [-0.2, -0.15) is 0 Å². The minimum atomic E-state index is -1.96. The average molecular weight is 476 g/mol. The minimum Gasteiger partial charge on any atom is -0.506 e. The first-order valence-electron chi connectivity index (χ1n) is 11.1. The van der Waals surface area contributed by atoms with E-state index in [1.54, 1.807) is 43.3 Å². The van der Waals surface area contributed by atoms with E-state index in [-0.39, 0.29) is 22.9 Å². The lowest BCUT2D eigenvalue weighted by atomic mass is 9.86. The maximum atomic E-state index is 12.0. The smallest absolute Gasteiger partial charge is 0.171 e. The summed E-state index contributed by atoms with van der Waals surface area (Å²) in [6, 6.07) is 15.6. The molecule has 3 aromatic carbocycles. The SMILES string of the molecule is Cc1cc(C)cc(C(O)(/C(N)=C/Nc2c(C)cccc2O)/C(N)=C/N(N)c2c(C)cccc2O)c1. The van der Waals surface area contributed by atoms with Gasteiger partial charge in [-0.05, 0) is 56.5 Å². The van der Waals surface area contributed by atoms with Crippen LogP contribution in [-0.2, 0) is 5.60 Å². The molecule has 0 radical (unpaired) electrons. The third-order valence-corrected chi connectivity index (χ3v) is 5.85. The summed E-state index contributed by atoms with van der Waals surface area (Å²) in [6.45, 7) is 7.43. The van der Waals surface area contributed by atoms with E-state index in [4.69, 9.17) is 17.3 Å². The van der Waals surface area contributed by atoms with Gasteiger partial charge in [-0.3, -0.25) is 5.01 Å². The van der Waals surface area contributed by atoms with Crippen LogP contribution >= 0.6 is 0 Å². The number of phenols is 2. The molecule has 0 aromatic heterocycles. The van der Waals surface area contributed by atoms with Crippen molar-refractivity contribution in [3.63, 3.8) is 0 Å². The molecule has 8 nitrogen and oxygen atoms in total. The number of nitrogens with one attached hydrogen (secondary N) is 1. The van der Waals surface area contributed by atoms with Crippen molar-refractivity contribution >= 4 is 11.4 Å². The molecule has 0 aliphatic heterocycles. The Morgan fingerprint density at radius 3 is 2.00 bits per heavy atom. The van der Waals surface area contributed by atoms with Crippen LogP contribution < -0.4 is 27.6 Å². The second-order valence-electron chi connectivity index (χ2n) is 8.73. The van der Waals surface area contributed by atoms with Gasteiger partial charge in [0.1, 0.15) is 17.2 Å². The zero-order valence-electron chi connectivity index (χ0n) is 20.4. The van der Waals surface area contributed by atoms with Crippen LogP contribution in [0.25, 0.3) is 0 Å². The lowest BCUT2D eigenvalue weighted by molar-refractivity contribution is 0.112. The van der Waals surface area contributed by atoms with Crippen molar-refractivity contribution in [2.45, 2.75) is 33.3 Å². The average Bonchev–Trinajstić information content (AvgIpc) is 2.77. The summed E-state index contributed by atoms with van der Waals surface area (Å²) in [5.41, 5.74) is 15.4. The normalized spacial score (nSPS) is 13.9. The molecule has 10 N–H and O–H groups in total. The number of hydrogen-bond donors (Lipinski definition) is 7. The summed E-state index contributed by atoms with van der Waals surface area (Å²) in [5.74, 6) is 6.24. The van der Waals surface area contributed by atoms with E-state index in [0.717, 1.165) is 21.7 Å². The maximum Gasteiger partial charge on any atom is 0.171 e. The van der Waals surface area contributed by atoms with E-state index in [1.165, 1.54) is 18.5 Å². The van der Waals surface area contributed by atoms with Crippen molar-refractivity contribution in [2.75, 3.05) is 10.3 Å². The first kappa shape index (κ1) is 25.5. The van der Waals surface area contributed by atoms with E-state index < -0.39 is 5.60 Å². The monoisotopic (exact) mass is 475 g/mol. The van der Waals surface area contributed by atoms with Crippen molar-refractivity contribution in [3.05, 3.63) is 106 Å². The molecule has 0 amide bonds. The summed E-state index contributed by atoms with van der Waals surface area (Å²) in [6.07, 6.45) is 2.72. The van der Waals surface area contributed by atoms with E-state index in [0.29, 0.717) is 22.5 Å². The summed E-state index contributed by atoms with van der Waals surface area (Å²) in [7, 11) is 0. The van der Waals surface area contributed by atoms with Crippen molar-refractivity contribution in [3.8, 4) is 11.5 Å². The fourth-order valence-electron chi connectivity index (χ4n) is 4.07. The van der Waals surface area contributed by atoms with Gasteiger partial charge in [-0.25, -0.2) is 5.84 Å². The van der Waals surface area contributed by atoms with Crippen LogP contribution in [-0.4, -0.2) is 15.3 Å². The summed E-state index contributed by atoms with van der Waals surface area (Å²) in [5, 5.41) is 36.7. The van der Waals surface area contributed by atoms with Crippen molar-refractivity contribution in [2.24, 2.45) is 17.3 Å². The minimum absolute atomic E-state index is 0.0266. The molecule has 0 saturated heterocycles. The fourth-order valence-corrected chi connectivity index (χ4v) is 4.07. The zero-order chi connectivity index (χ0) is 25.9. The zero-order valence-corrected chi connectivity index (χ0v) is 20.4. The molecular formula is C27H33N5O3. The van der Waals surface area contributed by atoms with Gasteiger partial charge in [-0.1, -0.05) is 53.6 Å². The number of rotatable bonds is 7. The Bertz CT molecular complexity index is 1240. The Balaban J connectivity index is 2.13. The highest BCUT2D eigenvalue weighted by molar-refractivity contribution is 5.65. The van der Waals surface area contributed by atoms with Gasteiger partial charge >= 0.3 is 0 Å².